The molecule has 102 valence electrons. The summed E-state index contributed by atoms with van der Waals surface area (Å²) in [6.07, 6.45) is 0.656. The summed E-state index contributed by atoms with van der Waals surface area (Å²) in [6, 6.07) is 1.73. The van der Waals surface area contributed by atoms with Crippen LogP contribution in [0.25, 0.3) is 0 Å². The van der Waals surface area contributed by atoms with Crippen LogP contribution in [0, 0.1) is 0 Å². The standard InChI is InChI=1S/C12H21N3O3/c1-9(2)10-7-12(18-14-10)13-11(17)8-15(3)5-4-6-16/h7,9,16H,4-6,8H2,1-3H3,(H,13,17). The van der Waals surface area contributed by atoms with Crippen LogP contribution in [-0.4, -0.2) is 47.8 Å². The van der Waals surface area contributed by atoms with Crippen molar-refractivity contribution in [3.63, 3.8) is 0 Å². The number of nitrogens with one attached hydrogen (secondary N) is 1. The van der Waals surface area contributed by atoms with Gasteiger partial charge in [0.1, 0.15) is 0 Å². The van der Waals surface area contributed by atoms with Crippen molar-refractivity contribution >= 4 is 11.8 Å². The van der Waals surface area contributed by atoms with Crippen LogP contribution in [0.3, 0.4) is 0 Å². The molecular formula is C12H21N3O3. The summed E-state index contributed by atoms with van der Waals surface area (Å²) < 4.78 is 5.02. The Balaban J connectivity index is 2.39. The molecule has 1 amide bonds. The van der Waals surface area contributed by atoms with Crippen molar-refractivity contribution in [1.29, 1.82) is 0 Å². The lowest BCUT2D eigenvalue weighted by Gasteiger charge is -2.14. The van der Waals surface area contributed by atoms with Crippen LogP contribution in [0.5, 0.6) is 0 Å². The number of aromatic nitrogens is 1. The summed E-state index contributed by atoms with van der Waals surface area (Å²) in [5.74, 6) is 0.493. The van der Waals surface area contributed by atoms with E-state index in [1.54, 1.807) is 6.07 Å². The van der Waals surface area contributed by atoms with E-state index in [-0.39, 0.29) is 25.0 Å². The number of amides is 1. The van der Waals surface area contributed by atoms with Crippen molar-refractivity contribution in [2.45, 2.75) is 26.2 Å². The highest BCUT2D eigenvalue weighted by atomic mass is 16.5. The molecule has 0 aromatic carbocycles. The maximum Gasteiger partial charge on any atom is 0.240 e. The Kier molecular flexibility index (Phi) is 5.80. The van der Waals surface area contributed by atoms with Crippen molar-refractivity contribution < 1.29 is 14.4 Å². The van der Waals surface area contributed by atoms with E-state index in [0.717, 1.165) is 5.69 Å². The molecule has 0 saturated heterocycles. The summed E-state index contributed by atoms with van der Waals surface area (Å²) in [5.41, 5.74) is 0.818. The Morgan fingerprint density at radius 2 is 2.33 bits per heavy atom. The number of aliphatic hydroxyl groups excluding tert-OH is 1. The Hall–Kier alpha value is -1.40. The lowest BCUT2D eigenvalue weighted by Crippen LogP contribution is -2.31. The number of aliphatic hydroxyl groups is 1. The minimum Gasteiger partial charge on any atom is -0.396 e. The Labute approximate surface area is 107 Å². The van der Waals surface area contributed by atoms with Crippen LogP contribution >= 0.6 is 0 Å². The Bertz CT molecular complexity index is 376. The number of nitrogens with zero attached hydrogens (tertiary/aromatic N) is 2. The number of likely N-dealkylation sites (N-methyl/N-ethyl adjacent to an activating group) is 1. The van der Waals surface area contributed by atoms with Crippen molar-refractivity contribution in [3.05, 3.63) is 11.8 Å². The second-order valence-corrected chi connectivity index (χ2v) is 4.63. The maximum atomic E-state index is 11.7. The SMILES string of the molecule is CC(C)c1cc(NC(=O)CN(C)CCCO)on1. The predicted octanol–water partition coefficient (Wildman–Crippen LogP) is 1.05. The van der Waals surface area contributed by atoms with Crippen LogP contribution in [0.4, 0.5) is 5.88 Å². The minimum atomic E-state index is -0.151. The highest BCUT2D eigenvalue weighted by Crippen LogP contribution is 2.17. The lowest BCUT2D eigenvalue weighted by atomic mass is 10.1. The molecule has 0 aliphatic heterocycles. The summed E-state index contributed by atoms with van der Waals surface area (Å²) in [6.45, 7) is 5.08. The van der Waals surface area contributed by atoms with Gasteiger partial charge in [-0.3, -0.25) is 15.0 Å². The van der Waals surface area contributed by atoms with Gasteiger partial charge in [-0.15, -0.1) is 0 Å². The Morgan fingerprint density at radius 1 is 1.61 bits per heavy atom. The van der Waals surface area contributed by atoms with Gasteiger partial charge in [0.15, 0.2) is 0 Å². The summed E-state index contributed by atoms with van der Waals surface area (Å²) in [7, 11) is 1.83. The first-order valence-corrected chi connectivity index (χ1v) is 6.08. The van der Waals surface area contributed by atoms with E-state index < -0.39 is 0 Å². The van der Waals surface area contributed by atoms with Gasteiger partial charge in [-0.1, -0.05) is 19.0 Å². The number of carbonyl (C=O) groups excluding carboxylic acids is 1. The zero-order chi connectivity index (χ0) is 13.5. The number of anilines is 1. The normalized spacial score (nSPS) is 11.2. The third-order valence-electron chi connectivity index (χ3n) is 2.49. The molecule has 6 heteroatoms. The largest absolute Gasteiger partial charge is 0.396 e. The highest BCUT2D eigenvalue weighted by molar-refractivity contribution is 5.90. The van der Waals surface area contributed by atoms with Crippen LogP contribution in [-0.2, 0) is 4.79 Å². The first kappa shape index (κ1) is 14.7. The molecule has 1 heterocycles. The number of hydrogen-bond donors (Lipinski definition) is 2. The van der Waals surface area contributed by atoms with Crippen molar-refractivity contribution in [2.75, 3.05) is 32.1 Å². The average molecular weight is 255 g/mol. The van der Waals surface area contributed by atoms with Gasteiger partial charge in [-0.05, 0) is 19.4 Å². The molecule has 0 unspecified atom stereocenters. The van der Waals surface area contributed by atoms with Crippen LogP contribution in [0.15, 0.2) is 10.6 Å². The van der Waals surface area contributed by atoms with E-state index >= 15 is 0 Å². The number of hydrogen-bond acceptors (Lipinski definition) is 5. The molecule has 1 rings (SSSR count). The zero-order valence-corrected chi connectivity index (χ0v) is 11.1. The molecule has 2 N–H and O–H groups in total. The molecule has 0 atom stereocenters. The second-order valence-electron chi connectivity index (χ2n) is 4.63. The smallest absolute Gasteiger partial charge is 0.240 e. The van der Waals surface area contributed by atoms with Crippen LogP contribution < -0.4 is 5.32 Å². The molecule has 0 bridgehead atoms. The van der Waals surface area contributed by atoms with Gasteiger partial charge in [0.05, 0.1) is 12.2 Å². The second kappa shape index (κ2) is 7.13. The summed E-state index contributed by atoms with van der Waals surface area (Å²) >= 11 is 0. The molecule has 0 radical (unpaired) electrons. The van der Waals surface area contributed by atoms with Gasteiger partial charge in [-0.2, -0.15) is 0 Å². The molecule has 0 saturated carbocycles. The lowest BCUT2D eigenvalue weighted by molar-refractivity contribution is -0.117. The molecule has 0 aliphatic rings. The van der Waals surface area contributed by atoms with E-state index in [4.69, 9.17) is 9.63 Å². The first-order chi connectivity index (χ1) is 8.52. The van der Waals surface area contributed by atoms with E-state index in [9.17, 15) is 4.79 Å². The van der Waals surface area contributed by atoms with Gasteiger partial charge in [-0.25, -0.2) is 0 Å². The number of carbonyl (C=O) groups is 1. The maximum absolute atomic E-state index is 11.7. The van der Waals surface area contributed by atoms with E-state index in [2.05, 4.69) is 10.5 Å². The number of rotatable bonds is 7. The van der Waals surface area contributed by atoms with Crippen molar-refractivity contribution in [3.8, 4) is 0 Å². The van der Waals surface area contributed by atoms with Crippen LogP contribution in [0.1, 0.15) is 31.9 Å². The third kappa shape index (κ3) is 4.85. The fourth-order valence-corrected chi connectivity index (χ4v) is 1.46. The van der Waals surface area contributed by atoms with Crippen molar-refractivity contribution in [2.24, 2.45) is 0 Å². The summed E-state index contributed by atoms with van der Waals surface area (Å²) in [4.78, 5) is 13.5. The molecule has 0 fully saturated rings. The molecule has 0 aliphatic carbocycles. The van der Waals surface area contributed by atoms with E-state index in [0.29, 0.717) is 18.8 Å². The van der Waals surface area contributed by atoms with Gasteiger partial charge in [0.2, 0.25) is 11.8 Å². The van der Waals surface area contributed by atoms with Gasteiger partial charge in [0, 0.05) is 19.2 Å². The van der Waals surface area contributed by atoms with Gasteiger partial charge >= 0.3 is 0 Å². The van der Waals surface area contributed by atoms with Crippen molar-refractivity contribution in [1.82, 2.24) is 10.1 Å². The molecule has 1 aromatic heterocycles. The van der Waals surface area contributed by atoms with Gasteiger partial charge < -0.3 is 9.63 Å². The predicted molar refractivity (Wildman–Crippen MR) is 68.4 cm³/mol. The van der Waals surface area contributed by atoms with E-state index in [1.807, 2.05) is 25.8 Å². The third-order valence-corrected chi connectivity index (χ3v) is 2.49. The zero-order valence-electron chi connectivity index (χ0n) is 11.1. The van der Waals surface area contributed by atoms with Crippen LogP contribution in [0.2, 0.25) is 0 Å². The topological polar surface area (TPSA) is 78.6 Å². The minimum absolute atomic E-state index is 0.131. The molecular weight excluding hydrogens is 234 g/mol. The molecule has 18 heavy (non-hydrogen) atoms. The highest BCUT2D eigenvalue weighted by Gasteiger charge is 2.11. The quantitative estimate of drug-likeness (QED) is 0.761. The molecule has 0 spiro atoms. The average Bonchev–Trinajstić information content (AvgIpc) is 2.74. The molecule has 1 aromatic rings. The fourth-order valence-electron chi connectivity index (χ4n) is 1.46. The Morgan fingerprint density at radius 3 is 2.89 bits per heavy atom. The summed E-state index contributed by atoms with van der Waals surface area (Å²) in [5, 5.41) is 15.2. The van der Waals surface area contributed by atoms with Gasteiger partial charge in [0.25, 0.3) is 0 Å². The van der Waals surface area contributed by atoms with E-state index in [1.165, 1.54) is 0 Å². The monoisotopic (exact) mass is 255 g/mol. The fraction of sp³-hybridized carbons (Fsp3) is 0.667. The molecule has 6 nitrogen and oxygen atoms in total. The first-order valence-electron chi connectivity index (χ1n) is 6.08.